The molecule has 3 aromatic rings. The van der Waals surface area contributed by atoms with Gasteiger partial charge in [0.2, 0.25) is 0 Å². The van der Waals surface area contributed by atoms with Gasteiger partial charge in [-0.1, -0.05) is 13.0 Å². The Bertz CT molecular complexity index is 848. The van der Waals surface area contributed by atoms with Gasteiger partial charge in [0.1, 0.15) is 11.5 Å². The first kappa shape index (κ1) is 14.7. The van der Waals surface area contributed by atoms with Gasteiger partial charge in [0.15, 0.2) is 5.03 Å². The molecule has 2 N–H and O–H groups in total. The zero-order chi connectivity index (χ0) is 15.6. The number of fused-ring (bicyclic) bond motifs is 1. The number of pyridine rings is 1. The van der Waals surface area contributed by atoms with Gasteiger partial charge in [-0.2, -0.15) is 0 Å². The molecule has 0 atom stereocenters. The summed E-state index contributed by atoms with van der Waals surface area (Å²) in [6, 6.07) is 5.74. The number of rotatable bonds is 6. The second-order valence-corrected chi connectivity index (χ2v) is 6.63. The summed E-state index contributed by atoms with van der Waals surface area (Å²) >= 11 is 0. The van der Waals surface area contributed by atoms with Gasteiger partial charge in [0.25, 0.3) is 10.0 Å². The van der Waals surface area contributed by atoms with Crippen molar-refractivity contribution in [2.45, 2.75) is 24.8 Å². The zero-order valence-corrected chi connectivity index (χ0v) is 13.0. The van der Waals surface area contributed by atoms with Crippen LogP contribution in [0.1, 0.15) is 18.4 Å². The van der Waals surface area contributed by atoms with Crippen molar-refractivity contribution in [3.63, 3.8) is 0 Å². The Hall–Kier alpha value is -2.19. The first-order valence-corrected chi connectivity index (χ1v) is 8.53. The van der Waals surface area contributed by atoms with E-state index in [9.17, 15) is 8.42 Å². The van der Waals surface area contributed by atoms with E-state index in [0.29, 0.717) is 18.7 Å². The number of sulfonamides is 1. The largest absolute Gasteiger partial charge is 0.332 e. The van der Waals surface area contributed by atoms with Crippen molar-refractivity contribution in [2.75, 3.05) is 6.54 Å². The molecule has 0 aromatic carbocycles. The first-order chi connectivity index (χ1) is 10.6. The number of aryl methyl sites for hydroxylation is 1. The van der Waals surface area contributed by atoms with Crippen molar-refractivity contribution in [3.05, 3.63) is 48.3 Å². The molecule has 0 fully saturated rings. The van der Waals surface area contributed by atoms with Crippen LogP contribution in [0, 0.1) is 0 Å². The van der Waals surface area contributed by atoms with Crippen molar-refractivity contribution in [3.8, 4) is 0 Å². The summed E-state index contributed by atoms with van der Waals surface area (Å²) in [7, 11) is -3.55. The van der Waals surface area contributed by atoms with Gasteiger partial charge in [0, 0.05) is 31.8 Å². The molecule has 0 saturated heterocycles. The molecular weight excluding hydrogens is 302 g/mol. The Morgan fingerprint density at radius 3 is 2.95 bits per heavy atom. The number of hydrogen-bond acceptors (Lipinski definition) is 4. The minimum atomic E-state index is -3.55. The van der Waals surface area contributed by atoms with Crippen molar-refractivity contribution in [1.29, 1.82) is 0 Å². The number of nitrogens with zero attached hydrogens (tertiary/aromatic N) is 3. The van der Waals surface area contributed by atoms with Crippen LogP contribution in [0.25, 0.3) is 5.65 Å². The molecule has 0 spiro atoms. The van der Waals surface area contributed by atoms with Crippen molar-refractivity contribution in [2.24, 2.45) is 0 Å². The SMILES string of the molecule is CCc1ncc(S(=O)(=O)NCCc2cn3ccccc3n2)[nH]1. The van der Waals surface area contributed by atoms with Crippen LogP contribution in [0.2, 0.25) is 0 Å². The lowest BCUT2D eigenvalue weighted by Gasteiger charge is -2.03. The third-order valence-corrected chi connectivity index (χ3v) is 4.69. The van der Waals surface area contributed by atoms with Gasteiger partial charge < -0.3 is 9.38 Å². The molecule has 3 heterocycles. The van der Waals surface area contributed by atoms with Gasteiger partial charge >= 0.3 is 0 Å². The number of hydrogen-bond donors (Lipinski definition) is 2. The highest BCUT2D eigenvalue weighted by Gasteiger charge is 2.16. The van der Waals surface area contributed by atoms with Crippen LogP contribution in [0.15, 0.2) is 41.8 Å². The molecule has 3 rings (SSSR count). The van der Waals surface area contributed by atoms with E-state index >= 15 is 0 Å². The van der Waals surface area contributed by atoms with Crippen LogP contribution in [0.4, 0.5) is 0 Å². The molecule has 7 nitrogen and oxygen atoms in total. The summed E-state index contributed by atoms with van der Waals surface area (Å²) in [4.78, 5) is 11.2. The van der Waals surface area contributed by atoms with Crippen LogP contribution in [0.5, 0.6) is 0 Å². The van der Waals surface area contributed by atoms with Crippen LogP contribution in [-0.2, 0) is 22.9 Å². The molecule has 3 aromatic heterocycles. The minimum Gasteiger partial charge on any atom is -0.332 e. The van der Waals surface area contributed by atoms with Crippen molar-refractivity contribution < 1.29 is 8.42 Å². The third kappa shape index (κ3) is 3.02. The fourth-order valence-corrected chi connectivity index (χ4v) is 3.13. The molecule has 8 heteroatoms. The van der Waals surface area contributed by atoms with E-state index in [2.05, 4.69) is 19.7 Å². The number of imidazole rings is 2. The maximum absolute atomic E-state index is 12.1. The average Bonchev–Trinajstić information content (AvgIpc) is 3.13. The maximum atomic E-state index is 12.1. The Kier molecular flexibility index (Phi) is 3.95. The third-order valence-electron chi connectivity index (χ3n) is 3.32. The predicted molar refractivity (Wildman–Crippen MR) is 82.1 cm³/mol. The summed E-state index contributed by atoms with van der Waals surface area (Å²) in [5, 5.41) is 0.0966. The monoisotopic (exact) mass is 319 g/mol. The second-order valence-electron chi connectivity index (χ2n) is 4.89. The molecule has 0 amide bonds. The summed E-state index contributed by atoms with van der Waals surface area (Å²) in [5.74, 6) is 0.653. The lowest BCUT2D eigenvalue weighted by molar-refractivity contribution is 0.578. The fraction of sp³-hybridized carbons (Fsp3) is 0.286. The lowest BCUT2D eigenvalue weighted by Crippen LogP contribution is -2.26. The highest BCUT2D eigenvalue weighted by atomic mass is 32.2. The van der Waals surface area contributed by atoms with Gasteiger partial charge in [-0.25, -0.2) is 23.1 Å². The van der Waals surface area contributed by atoms with Crippen LogP contribution < -0.4 is 4.72 Å². The smallest absolute Gasteiger partial charge is 0.257 e. The predicted octanol–water partition coefficient (Wildman–Crippen LogP) is 1.14. The van der Waals surface area contributed by atoms with Crippen LogP contribution >= 0.6 is 0 Å². The Labute approximate surface area is 128 Å². The van der Waals surface area contributed by atoms with E-state index in [1.54, 1.807) is 0 Å². The average molecular weight is 319 g/mol. The Balaban J connectivity index is 1.64. The van der Waals surface area contributed by atoms with E-state index < -0.39 is 10.0 Å². The van der Waals surface area contributed by atoms with Gasteiger partial charge in [-0.3, -0.25) is 0 Å². The first-order valence-electron chi connectivity index (χ1n) is 7.04. The molecule has 0 aliphatic rings. The van der Waals surface area contributed by atoms with E-state index in [1.165, 1.54) is 6.20 Å². The zero-order valence-electron chi connectivity index (χ0n) is 12.2. The van der Waals surface area contributed by atoms with Crippen LogP contribution in [0.3, 0.4) is 0 Å². The van der Waals surface area contributed by atoms with E-state index in [1.807, 2.05) is 41.9 Å². The molecule has 0 unspecified atom stereocenters. The normalized spacial score (nSPS) is 12.0. The minimum absolute atomic E-state index is 0.0966. The maximum Gasteiger partial charge on any atom is 0.257 e. The Morgan fingerprint density at radius 2 is 2.23 bits per heavy atom. The summed E-state index contributed by atoms with van der Waals surface area (Å²) in [6.45, 7) is 2.19. The molecule has 0 aliphatic heterocycles. The summed E-state index contributed by atoms with van der Waals surface area (Å²) < 4.78 is 28.7. The molecule has 116 valence electrons. The number of H-pyrrole nitrogens is 1. The van der Waals surface area contributed by atoms with E-state index in [-0.39, 0.29) is 11.6 Å². The highest BCUT2D eigenvalue weighted by Crippen LogP contribution is 2.07. The molecular formula is C14H17N5O2S. The fourth-order valence-electron chi connectivity index (χ4n) is 2.16. The van der Waals surface area contributed by atoms with Crippen LogP contribution in [-0.4, -0.2) is 34.3 Å². The Morgan fingerprint density at radius 1 is 1.36 bits per heavy atom. The molecule has 0 aliphatic carbocycles. The number of aromatic amines is 1. The van der Waals surface area contributed by atoms with E-state index in [0.717, 1.165) is 11.3 Å². The van der Waals surface area contributed by atoms with Gasteiger partial charge in [-0.05, 0) is 12.1 Å². The van der Waals surface area contributed by atoms with Crippen molar-refractivity contribution >= 4 is 15.7 Å². The summed E-state index contributed by atoms with van der Waals surface area (Å²) in [5.41, 5.74) is 1.69. The number of nitrogens with one attached hydrogen (secondary N) is 2. The van der Waals surface area contributed by atoms with E-state index in [4.69, 9.17) is 0 Å². The van der Waals surface area contributed by atoms with Crippen molar-refractivity contribution in [1.82, 2.24) is 24.1 Å². The standard InChI is InChI=1S/C14H17N5O2S/c1-2-12-15-9-14(18-12)22(20,21)16-7-6-11-10-19-8-4-3-5-13(19)17-11/h3-5,8-10,16H,2,6-7H2,1H3,(H,15,18). The molecule has 22 heavy (non-hydrogen) atoms. The molecule has 0 saturated carbocycles. The molecule has 0 bridgehead atoms. The lowest BCUT2D eigenvalue weighted by atomic mass is 10.3. The van der Waals surface area contributed by atoms with Gasteiger partial charge in [0.05, 0.1) is 11.9 Å². The summed E-state index contributed by atoms with van der Waals surface area (Å²) in [6.07, 6.45) is 6.33. The second kappa shape index (κ2) is 5.90. The highest BCUT2D eigenvalue weighted by molar-refractivity contribution is 7.89. The quantitative estimate of drug-likeness (QED) is 0.712. The number of aromatic nitrogens is 4. The molecule has 0 radical (unpaired) electrons. The topological polar surface area (TPSA) is 92.2 Å². The van der Waals surface area contributed by atoms with Gasteiger partial charge in [-0.15, -0.1) is 0 Å².